The van der Waals surface area contributed by atoms with Crippen LogP contribution in [0, 0.1) is 0 Å². The summed E-state index contributed by atoms with van der Waals surface area (Å²) in [6.07, 6.45) is 18.8. The lowest BCUT2D eigenvalue weighted by Crippen LogP contribution is -2.17. The minimum atomic E-state index is -0.833. The number of hydrogen-bond acceptors (Lipinski definition) is 4. The van der Waals surface area contributed by atoms with Gasteiger partial charge < -0.3 is 15.6 Å². The molecule has 5 nitrogen and oxygen atoms in total. The van der Waals surface area contributed by atoms with Crippen molar-refractivity contribution in [2.24, 2.45) is 5.73 Å². The number of esters is 1. The van der Waals surface area contributed by atoms with Gasteiger partial charge in [-0.05, 0) is 6.42 Å². The Hall–Kier alpha value is -1.10. The van der Waals surface area contributed by atoms with Crippen LogP contribution in [0.2, 0.25) is 0 Å². The van der Waals surface area contributed by atoms with E-state index < -0.39 is 5.97 Å². The zero-order valence-corrected chi connectivity index (χ0v) is 16.6. The fourth-order valence-corrected chi connectivity index (χ4v) is 2.54. The van der Waals surface area contributed by atoms with E-state index >= 15 is 0 Å². The fraction of sp³-hybridized carbons (Fsp3) is 0.900. The summed E-state index contributed by atoms with van der Waals surface area (Å²) < 4.78 is 4.93. The maximum Gasteiger partial charge on any atom is 0.319 e. The molecule has 5 heteroatoms. The number of unbranched alkanes of at least 4 members (excludes halogenated alkanes) is 13. The van der Waals surface area contributed by atoms with Crippen LogP contribution in [-0.4, -0.2) is 30.2 Å². The van der Waals surface area contributed by atoms with Gasteiger partial charge in [0, 0.05) is 6.92 Å². The zero-order chi connectivity index (χ0) is 19.2. The number of nitrogens with two attached hydrogens (primary N) is 1. The Morgan fingerprint density at radius 1 is 0.760 bits per heavy atom. The molecular weight excluding hydrogens is 318 g/mol. The molecule has 0 spiro atoms. The lowest BCUT2D eigenvalue weighted by molar-refractivity contribution is -0.142. The molecule has 150 valence electrons. The van der Waals surface area contributed by atoms with Crippen molar-refractivity contribution in [3.05, 3.63) is 0 Å². The van der Waals surface area contributed by atoms with Gasteiger partial charge in [0.05, 0.1) is 13.2 Å². The van der Waals surface area contributed by atoms with Crippen LogP contribution >= 0.6 is 0 Å². The average Bonchev–Trinajstić information content (AvgIpc) is 2.57. The first-order valence-corrected chi connectivity index (χ1v) is 10.1. The van der Waals surface area contributed by atoms with Crippen molar-refractivity contribution < 1.29 is 19.4 Å². The number of carboxylic acids is 1. The third-order valence-electron chi connectivity index (χ3n) is 3.93. The summed E-state index contributed by atoms with van der Waals surface area (Å²) >= 11 is 0. The van der Waals surface area contributed by atoms with E-state index in [9.17, 15) is 4.79 Å². The van der Waals surface area contributed by atoms with Gasteiger partial charge in [0.25, 0.3) is 5.97 Å². The van der Waals surface area contributed by atoms with Gasteiger partial charge in [0.2, 0.25) is 0 Å². The molecular formula is C20H41NO4. The second-order valence-corrected chi connectivity index (χ2v) is 6.54. The summed E-state index contributed by atoms with van der Waals surface area (Å²) in [5.74, 6) is -1.12. The summed E-state index contributed by atoms with van der Waals surface area (Å²) in [6.45, 7) is 3.89. The number of ether oxygens (including phenoxy) is 1. The second kappa shape index (κ2) is 22.9. The molecule has 0 saturated heterocycles. The van der Waals surface area contributed by atoms with E-state index in [0.717, 1.165) is 19.8 Å². The SMILES string of the molecule is CC(=O)O.CCCCCCCCCCCCCCCCOC(=O)CN. The van der Waals surface area contributed by atoms with Crippen molar-refractivity contribution in [3.8, 4) is 0 Å². The maximum absolute atomic E-state index is 10.8. The van der Waals surface area contributed by atoms with Crippen LogP contribution < -0.4 is 5.73 Å². The average molecular weight is 360 g/mol. The largest absolute Gasteiger partial charge is 0.481 e. The van der Waals surface area contributed by atoms with Crippen LogP contribution in [0.15, 0.2) is 0 Å². The minimum Gasteiger partial charge on any atom is -0.481 e. The van der Waals surface area contributed by atoms with E-state index in [1.165, 1.54) is 77.0 Å². The van der Waals surface area contributed by atoms with Crippen molar-refractivity contribution in [2.75, 3.05) is 13.2 Å². The molecule has 0 aromatic heterocycles. The standard InChI is InChI=1S/C18H37NO2.C2H4O2/c1-2-3-4-5-6-7-8-9-10-11-12-13-14-15-16-21-18(20)17-19;1-2(3)4/h2-17,19H2,1H3;1H3,(H,3,4). The van der Waals surface area contributed by atoms with E-state index in [1.807, 2.05) is 0 Å². The molecule has 0 radical (unpaired) electrons. The van der Waals surface area contributed by atoms with Crippen LogP contribution in [0.3, 0.4) is 0 Å². The fourth-order valence-electron chi connectivity index (χ4n) is 2.54. The van der Waals surface area contributed by atoms with E-state index in [1.54, 1.807) is 0 Å². The summed E-state index contributed by atoms with van der Waals surface area (Å²) in [6, 6.07) is 0. The van der Waals surface area contributed by atoms with Gasteiger partial charge in [0.15, 0.2) is 0 Å². The Kier molecular flexibility index (Phi) is 23.9. The predicted molar refractivity (Wildman–Crippen MR) is 104 cm³/mol. The molecule has 0 aliphatic rings. The van der Waals surface area contributed by atoms with Gasteiger partial charge in [-0.2, -0.15) is 0 Å². The third-order valence-corrected chi connectivity index (χ3v) is 3.93. The molecule has 25 heavy (non-hydrogen) atoms. The molecule has 0 atom stereocenters. The molecule has 0 fully saturated rings. The number of carbonyl (C=O) groups is 2. The highest BCUT2D eigenvalue weighted by molar-refractivity contribution is 5.71. The lowest BCUT2D eigenvalue weighted by atomic mass is 10.0. The molecule has 0 aliphatic heterocycles. The first-order valence-electron chi connectivity index (χ1n) is 10.1. The number of aliphatic carboxylic acids is 1. The van der Waals surface area contributed by atoms with E-state index in [-0.39, 0.29) is 12.5 Å². The van der Waals surface area contributed by atoms with Gasteiger partial charge in [-0.1, -0.05) is 90.4 Å². The summed E-state index contributed by atoms with van der Waals surface area (Å²) in [5, 5.41) is 7.42. The molecule has 0 bridgehead atoms. The van der Waals surface area contributed by atoms with Crippen LogP contribution in [0.25, 0.3) is 0 Å². The quantitative estimate of drug-likeness (QED) is 0.297. The highest BCUT2D eigenvalue weighted by Gasteiger charge is 1.97. The third kappa shape index (κ3) is 31.2. The van der Waals surface area contributed by atoms with E-state index in [2.05, 4.69) is 6.92 Å². The van der Waals surface area contributed by atoms with Crippen LogP contribution in [0.5, 0.6) is 0 Å². The molecule has 0 saturated carbocycles. The molecule has 0 heterocycles. The molecule has 0 aliphatic carbocycles. The monoisotopic (exact) mass is 359 g/mol. The summed E-state index contributed by atoms with van der Waals surface area (Å²) in [4.78, 5) is 19.8. The number of rotatable bonds is 16. The van der Waals surface area contributed by atoms with Crippen LogP contribution in [0.4, 0.5) is 0 Å². The first kappa shape index (κ1) is 26.1. The highest BCUT2D eigenvalue weighted by Crippen LogP contribution is 2.12. The Morgan fingerprint density at radius 2 is 1.08 bits per heavy atom. The molecule has 0 aromatic rings. The Balaban J connectivity index is 0. The van der Waals surface area contributed by atoms with Crippen LogP contribution in [0.1, 0.15) is 104 Å². The second-order valence-electron chi connectivity index (χ2n) is 6.54. The van der Waals surface area contributed by atoms with Crippen LogP contribution in [-0.2, 0) is 14.3 Å². The Morgan fingerprint density at radius 3 is 1.40 bits per heavy atom. The Bertz CT molecular complexity index is 291. The molecule has 0 rings (SSSR count). The van der Waals surface area contributed by atoms with Gasteiger partial charge in [-0.25, -0.2) is 0 Å². The van der Waals surface area contributed by atoms with Crippen molar-refractivity contribution in [2.45, 2.75) is 104 Å². The minimum absolute atomic E-state index is 0.00139. The molecule has 0 amide bonds. The van der Waals surface area contributed by atoms with Gasteiger partial charge in [-0.3, -0.25) is 9.59 Å². The van der Waals surface area contributed by atoms with Crippen molar-refractivity contribution in [3.63, 3.8) is 0 Å². The molecule has 0 unspecified atom stereocenters. The van der Waals surface area contributed by atoms with Gasteiger partial charge in [0.1, 0.15) is 0 Å². The number of carboxylic acid groups (broad SMARTS) is 1. The highest BCUT2D eigenvalue weighted by atomic mass is 16.5. The predicted octanol–water partition coefficient (Wildman–Crippen LogP) is 5.06. The van der Waals surface area contributed by atoms with Crippen molar-refractivity contribution >= 4 is 11.9 Å². The van der Waals surface area contributed by atoms with Crippen molar-refractivity contribution in [1.82, 2.24) is 0 Å². The summed E-state index contributed by atoms with van der Waals surface area (Å²) in [7, 11) is 0. The summed E-state index contributed by atoms with van der Waals surface area (Å²) in [5.41, 5.74) is 5.16. The van der Waals surface area contributed by atoms with Gasteiger partial charge in [-0.15, -0.1) is 0 Å². The zero-order valence-electron chi connectivity index (χ0n) is 16.6. The van der Waals surface area contributed by atoms with E-state index in [0.29, 0.717) is 6.61 Å². The molecule has 0 aromatic carbocycles. The maximum atomic E-state index is 10.8. The number of hydrogen-bond donors (Lipinski definition) is 2. The van der Waals surface area contributed by atoms with Gasteiger partial charge >= 0.3 is 5.97 Å². The molecule has 3 N–H and O–H groups in total. The smallest absolute Gasteiger partial charge is 0.319 e. The first-order chi connectivity index (χ1) is 12.0. The van der Waals surface area contributed by atoms with E-state index in [4.69, 9.17) is 20.4 Å². The lowest BCUT2D eigenvalue weighted by Gasteiger charge is -2.04. The van der Waals surface area contributed by atoms with Crippen molar-refractivity contribution in [1.29, 1.82) is 0 Å². The Labute approximate surface area is 154 Å². The number of carbonyl (C=O) groups excluding carboxylic acids is 1. The normalized spacial score (nSPS) is 10.0. The topological polar surface area (TPSA) is 89.6 Å².